The molecule has 1 aromatic heterocycles. The maximum atomic E-state index is 4.42. The van der Waals surface area contributed by atoms with Gasteiger partial charge in [-0.3, -0.25) is 4.68 Å². The maximum absolute atomic E-state index is 4.42. The van der Waals surface area contributed by atoms with Crippen LogP contribution in [0.5, 0.6) is 0 Å². The zero-order valence-corrected chi connectivity index (χ0v) is 14.3. The molecular weight excluding hydrogens is 328 g/mol. The van der Waals surface area contributed by atoms with Gasteiger partial charge in [-0.05, 0) is 37.6 Å². The largest absolute Gasteiger partial charge is 0.316 e. The summed E-state index contributed by atoms with van der Waals surface area (Å²) in [5, 5.41) is 7.80. The summed E-state index contributed by atoms with van der Waals surface area (Å²) in [6, 6.07) is 8.55. The van der Waals surface area contributed by atoms with Crippen LogP contribution in [0.15, 0.2) is 35.1 Å². The SMILES string of the molecule is CCCNCC(Cc1ncnn1CC)c1cccc(Br)c1. The predicted molar refractivity (Wildman–Crippen MR) is 89.4 cm³/mol. The second-order valence-corrected chi connectivity index (χ2v) is 6.07. The summed E-state index contributed by atoms with van der Waals surface area (Å²) in [6.45, 7) is 7.16. The summed E-state index contributed by atoms with van der Waals surface area (Å²) in [4.78, 5) is 4.42. The average molecular weight is 351 g/mol. The highest BCUT2D eigenvalue weighted by atomic mass is 79.9. The van der Waals surface area contributed by atoms with Gasteiger partial charge in [0.15, 0.2) is 0 Å². The van der Waals surface area contributed by atoms with E-state index >= 15 is 0 Å². The van der Waals surface area contributed by atoms with Crippen molar-refractivity contribution in [3.63, 3.8) is 0 Å². The van der Waals surface area contributed by atoms with Crippen LogP contribution < -0.4 is 5.32 Å². The summed E-state index contributed by atoms with van der Waals surface area (Å²) in [6.07, 6.45) is 3.70. The van der Waals surface area contributed by atoms with Crippen molar-refractivity contribution in [3.05, 3.63) is 46.5 Å². The zero-order valence-electron chi connectivity index (χ0n) is 12.7. The molecule has 0 radical (unpaired) electrons. The molecular formula is C16H23BrN4. The molecule has 2 rings (SSSR count). The molecule has 0 saturated carbocycles. The molecule has 21 heavy (non-hydrogen) atoms. The number of nitrogens with zero attached hydrogens (tertiary/aromatic N) is 3. The molecule has 0 amide bonds. The van der Waals surface area contributed by atoms with E-state index in [0.29, 0.717) is 5.92 Å². The molecule has 0 spiro atoms. The van der Waals surface area contributed by atoms with E-state index in [4.69, 9.17) is 0 Å². The normalized spacial score (nSPS) is 12.5. The number of nitrogens with one attached hydrogen (secondary N) is 1. The third-order valence-electron chi connectivity index (χ3n) is 3.56. The molecule has 0 aliphatic carbocycles. The molecule has 1 heterocycles. The maximum Gasteiger partial charge on any atom is 0.138 e. The Morgan fingerprint density at radius 1 is 1.33 bits per heavy atom. The van der Waals surface area contributed by atoms with Crippen LogP contribution in [0.4, 0.5) is 0 Å². The Bertz CT molecular complexity index is 553. The van der Waals surface area contributed by atoms with Crippen LogP contribution in [0, 0.1) is 0 Å². The lowest BCUT2D eigenvalue weighted by atomic mass is 9.95. The fourth-order valence-corrected chi connectivity index (χ4v) is 2.87. The number of rotatable bonds is 8. The molecule has 0 aliphatic rings. The van der Waals surface area contributed by atoms with E-state index in [9.17, 15) is 0 Å². The first-order valence-corrected chi connectivity index (χ1v) is 8.36. The van der Waals surface area contributed by atoms with E-state index < -0.39 is 0 Å². The first-order chi connectivity index (χ1) is 10.2. The third kappa shape index (κ3) is 4.64. The van der Waals surface area contributed by atoms with E-state index in [2.05, 4.69) is 69.4 Å². The summed E-state index contributed by atoms with van der Waals surface area (Å²) in [7, 11) is 0. The van der Waals surface area contributed by atoms with Crippen LogP contribution in [0.2, 0.25) is 0 Å². The Morgan fingerprint density at radius 2 is 2.19 bits per heavy atom. The Hall–Kier alpha value is -1.20. The molecule has 0 bridgehead atoms. The molecule has 0 aliphatic heterocycles. The number of hydrogen-bond donors (Lipinski definition) is 1. The predicted octanol–water partition coefficient (Wildman–Crippen LogP) is 3.39. The minimum Gasteiger partial charge on any atom is -0.316 e. The highest BCUT2D eigenvalue weighted by molar-refractivity contribution is 9.10. The summed E-state index contributed by atoms with van der Waals surface area (Å²) in [5.74, 6) is 1.46. The lowest BCUT2D eigenvalue weighted by molar-refractivity contribution is 0.536. The van der Waals surface area contributed by atoms with Crippen LogP contribution in [-0.4, -0.2) is 27.9 Å². The quantitative estimate of drug-likeness (QED) is 0.742. The van der Waals surface area contributed by atoms with Gasteiger partial charge in [0.25, 0.3) is 0 Å². The molecule has 1 N–H and O–H groups in total. The third-order valence-corrected chi connectivity index (χ3v) is 4.06. The van der Waals surface area contributed by atoms with Gasteiger partial charge in [0.05, 0.1) is 0 Å². The van der Waals surface area contributed by atoms with Gasteiger partial charge in [-0.15, -0.1) is 0 Å². The molecule has 5 heteroatoms. The topological polar surface area (TPSA) is 42.7 Å². The Balaban J connectivity index is 2.15. The van der Waals surface area contributed by atoms with Gasteiger partial charge in [0.2, 0.25) is 0 Å². The van der Waals surface area contributed by atoms with Crippen molar-refractivity contribution in [2.75, 3.05) is 13.1 Å². The van der Waals surface area contributed by atoms with Crippen molar-refractivity contribution >= 4 is 15.9 Å². The van der Waals surface area contributed by atoms with Crippen LogP contribution >= 0.6 is 15.9 Å². The van der Waals surface area contributed by atoms with Gasteiger partial charge < -0.3 is 5.32 Å². The minimum atomic E-state index is 0.406. The Kier molecular flexibility index (Phi) is 6.39. The van der Waals surface area contributed by atoms with E-state index in [1.54, 1.807) is 6.33 Å². The van der Waals surface area contributed by atoms with Crippen LogP contribution in [0.1, 0.15) is 37.6 Å². The highest BCUT2D eigenvalue weighted by Gasteiger charge is 2.16. The van der Waals surface area contributed by atoms with Gasteiger partial charge in [-0.2, -0.15) is 5.10 Å². The zero-order chi connectivity index (χ0) is 15.1. The average Bonchev–Trinajstić information content (AvgIpc) is 2.93. The van der Waals surface area contributed by atoms with Gasteiger partial charge >= 0.3 is 0 Å². The molecule has 4 nitrogen and oxygen atoms in total. The second kappa shape index (κ2) is 8.29. The molecule has 1 aromatic carbocycles. The van der Waals surface area contributed by atoms with Crippen molar-refractivity contribution in [3.8, 4) is 0 Å². The fourth-order valence-electron chi connectivity index (χ4n) is 2.45. The van der Waals surface area contributed by atoms with Crippen molar-refractivity contribution < 1.29 is 0 Å². The number of benzene rings is 1. The monoisotopic (exact) mass is 350 g/mol. The Morgan fingerprint density at radius 3 is 2.90 bits per heavy atom. The molecule has 114 valence electrons. The van der Waals surface area contributed by atoms with Crippen molar-refractivity contribution in [1.29, 1.82) is 0 Å². The van der Waals surface area contributed by atoms with Gasteiger partial charge in [-0.1, -0.05) is 35.0 Å². The van der Waals surface area contributed by atoms with Crippen LogP contribution in [0.3, 0.4) is 0 Å². The number of aryl methyl sites for hydroxylation is 1. The van der Waals surface area contributed by atoms with E-state index in [0.717, 1.165) is 42.8 Å². The lowest BCUT2D eigenvalue weighted by Crippen LogP contribution is -2.24. The van der Waals surface area contributed by atoms with Gasteiger partial charge in [0, 0.05) is 29.9 Å². The standard InChI is InChI=1S/C16H23BrN4/c1-3-8-18-11-14(13-6-5-7-15(17)9-13)10-16-19-12-20-21(16)4-2/h5-7,9,12,14,18H,3-4,8,10-11H2,1-2H3. The summed E-state index contributed by atoms with van der Waals surface area (Å²) >= 11 is 3.56. The van der Waals surface area contributed by atoms with E-state index in [-0.39, 0.29) is 0 Å². The molecule has 0 fully saturated rings. The van der Waals surface area contributed by atoms with Crippen LogP contribution in [0.25, 0.3) is 0 Å². The second-order valence-electron chi connectivity index (χ2n) is 5.15. The van der Waals surface area contributed by atoms with Crippen LogP contribution in [-0.2, 0) is 13.0 Å². The van der Waals surface area contributed by atoms with E-state index in [1.807, 2.05) is 4.68 Å². The smallest absolute Gasteiger partial charge is 0.138 e. The first-order valence-electron chi connectivity index (χ1n) is 7.57. The highest BCUT2D eigenvalue weighted by Crippen LogP contribution is 2.23. The molecule has 1 atom stereocenters. The number of halogens is 1. The van der Waals surface area contributed by atoms with Crippen molar-refractivity contribution in [2.45, 2.75) is 39.2 Å². The van der Waals surface area contributed by atoms with E-state index in [1.165, 1.54) is 5.56 Å². The molecule has 1 unspecified atom stereocenters. The Labute approximate surface area is 135 Å². The summed E-state index contributed by atoms with van der Waals surface area (Å²) < 4.78 is 3.10. The molecule has 0 saturated heterocycles. The molecule has 2 aromatic rings. The van der Waals surface area contributed by atoms with Gasteiger partial charge in [0.1, 0.15) is 12.2 Å². The summed E-state index contributed by atoms with van der Waals surface area (Å²) in [5.41, 5.74) is 1.33. The lowest BCUT2D eigenvalue weighted by Gasteiger charge is -2.18. The fraction of sp³-hybridized carbons (Fsp3) is 0.500. The first kappa shape index (κ1) is 16.2. The van der Waals surface area contributed by atoms with Gasteiger partial charge in [-0.25, -0.2) is 4.98 Å². The van der Waals surface area contributed by atoms with Crippen molar-refractivity contribution in [2.24, 2.45) is 0 Å². The van der Waals surface area contributed by atoms with Crippen molar-refractivity contribution in [1.82, 2.24) is 20.1 Å². The minimum absolute atomic E-state index is 0.406. The number of aromatic nitrogens is 3. The number of hydrogen-bond acceptors (Lipinski definition) is 3.